The van der Waals surface area contributed by atoms with Gasteiger partial charge in [0, 0.05) is 33.6 Å². The van der Waals surface area contributed by atoms with Crippen LogP contribution in [0.3, 0.4) is 0 Å². The fourth-order valence-corrected chi connectivity index (χ4v) is 6.72. The molecule has 0 amide bonds. The SMILES string of the molecule is CCOC(=O)/C(Cn1c(=O)nc(Nc2ccc(OC(C)C)c(F)c2)n(Cc2ccc(Cl)cc2)c1=O)=N/OC.CO/N=C(\Cn1c(=O)nc(Nc2ccc(OC(C)C)c(F)c2)n(Cc2ccc(Cl)cc2)c1=O)C(=O)O. The number of ether oxygens (including phenoxy) is 3. The van der Waals surface area contributed by atoms with Gasteiger partial charge in [-0.05, 0) is 94.3 Å². The number of aliphatic carboxylic acids is 1. The van der Waals surface area contributed by atoms with E-state index in [1.807, 2.05) is 0 Å². The van der Waals surface area contributed by atoms with Gasteiger partial charge in [-0.15, -0.1) is 0 Å². The van der Waals surface area contributed by atoms with Crippen LogP contribution < -0.4 is 42.9 Å². The smallest absolute Gasteiger partial charge is 0.358 e. The van der Waals surface area contributed by atoms with E-state index in [-0.39, 0.29) is 72.4 Å². The zero-order valence-electron chi connectivity index (χ0n) is 40.8. The summed E-state index contributed by atoms with van der Waals surface area (Å²) in [4.78, 5) is 93.2. The molecule has 2 heterocycles. The summed E-state index contributed by atoms with van der Waals surface area (Å²) < 4.78 is 48.4. The number of carboxylic acids is 1. The number of rotatable bonds is 21. The molecule has 4 aromatic carbocycles. The lowest BCUT2D eigenvalue weighted by molar-refractivity contribution is -0.135. The van der Waals surface area contributed by atoms with Crippen molar-refractivity contribution < 1.29 is 47.4 Å². The molecule has 0 saturated heterocycles. The number of benzene rings is 4. The van der Waals surface area contributed by atoms with E-state index in [4.69, 9.17) is 37.4 Å². The lowest BCUT2D eigenvalue weighted by Crippen LogP contribution is -2.45. The van der Waals surface area contributed by atoms with E-state index in [9.17, 15) is 42.7 Å². The molecule has 0 aliphatic carbocycles. The van der Waals surface area contributed by atoms with Crippen molar-refractivity contribution >= 4 is 69.8 Å². The van der Waals surface area contributed by atoms with Gasteiger partial charge in [-0.1, -0.05) is 57.8 Å². The van der Waals surface area contributed by atoms with Gasteiger partial charge in [0.2, 0.25) is 11.9 Å². The van der Waals surface area contributed by atoms with E-state index < -0.39 is 65.1 Å². The van der Waals surface area contributed by atoms with Crippen LogP contribution in [-0.4, -0.2) is 89.7 Å². The number of nitrogens with zero attached hydrogens (tertiary/aromatic N) is 8. The van der Waals surface area contributed by atoms with Crippen LogP contribution in [0.1, 0.15) is 45.7 Å². The summed E-state index contributed by atoms with van der Waals surface area (Å²) in [6.07, 6.45) is -0.474. The second-order valence-electron chi connectivity index (χ2n) is 15.9. The van der Waals surface area contributed by atoms with Crippen molar-refractivity contribution in [2.45, 2.75) is 73.0 Å². The Balaban J connectivity index is 0.000000274. The third kappa shape index (κ3) is 15.6. The second-order valence-corrected chi connectivity index (χ2v) is 16.8. The number of carboxylic acid groups (broad SMARTS) is 1. The molecule has 2 aromatic heterocycles. The molecule has 22 nitrogen and oxygen atoms in total. The Hall–Kier alpha value is -8.38. The van der Waals surface area contributed by atoms with Crippen molar-refractivity contribution in [3.63, 3.8) is 0 Å². The third-order valence-corrected chi connectivity index (χ3v) is 10.2. The molecule has 0 fully saturated rings. The van der Waals surface area contributed by atoms with Crippen molar-refractivity contribution in [3.05, 3.63) is 160 Å². The standard InChI is InChI=1S/C25H27ClFN5O6.C23H23ClFN5O6/c1-5-37-22(33)20(30-36-4)14-32-24(34)29-23(28-18-10-11-21(19(27)12-18)38-15(2)3)31(25(32)35)13-16-6-8-17(26)9-7-16;1-13(2)36-19-9-8-16(10-17(19)25)26-21-27-22(33)30(12-18(20(31)32)28-35-3)23(34)29(21)11-14-4-6-15(24)7-5-14/h6-12,15H,5,13-14H2,1-4H3,(H,28,29,34);4-10,13H,11-12H2,1-3H3,(H,31,32)(H,26,27,33)/b30-20+;28-18+. The molecular formula is C48H50Cl2F2N10O12. The minimum atomic E-state index is -1.48. The zero-order valence-corrected chi connectivity index (χ0v) is 42.3. The van der Waals surface area contributed by atoms with Gasteiger partial charge in [-0.2, -0.15) is 9.97 Å². The summed E-state index contributed by atoms with van der Waals surface area (Å²) in [5, 5.41) is 22.8. The van der Waals surface area contributed by atoms with Gasteiger partial charge in [0.25, 0.3) is 0 Å². The molecule has 0 atom stereocenters. The van der Waals surface area contributed by atoms with Gasteiger partial charge >= 0.3 is 34.7 Å². The van der Waals surface area contributed by atoms with Crippen LogP contribution in [0, 0.1) is 11.6 Å². The Kier molecular flexibility index (Phi) is 20.1. The van der Waals surface area contributed by atoms with Gasteiger partial charge in [0.15, 0.2) is 34.6 Å². The highest BCUT2D eigenvalue weighted by Gasteiger charge is 2.23. The molecule has 0 bridgehead atoms. The maximum absolute atomic E-state index is 14.6. The number of anilines is 4. The lowest BCUT2D eigenvalue weighted by atomic mass is 10.2. The first-order valence-electron chi connectivity index (χ1n) is 22.2. The molecule has 0 unspecified atom stereocenters. The number of carbonyl (C=O) groups is 2. The van der Waals surface area contributed by atoms with Crippen LogP contribution in [-0.2, 0) is 50.2 Å². The summed E-state index contributed by atoms with van der Waals surface area (Å²) in [6, 6.07) is 21.4. The third-order valence-electron chi connectivity index (χ3n) is 9.69. The number of nitrogens with one attached hydrogen (secondary N) is 2. The minimum absolute atomic E-state index is 0.0290. The normalized spacial score (nSPS) is 11.4. The van der Waals surface area contributed by atoms with Crippen molar-refractivity contribution in [3.8, 4) is 11.5 Å². The van der Waals surface area contributed by atoms with Gasteiger partial charge in [0.1, 0.15) is 14.2 Å². The van der Waals surface area contributed by atoms with E-state index >= 15 is 0 Å². The Labute approximate surface area is 430 Å². The molecule has 3 N–H and O–H groups in total. The average molecular weight is 1070 g/mol. The van der Waals surface area contributed by atoms with E-state index in [0.29, 0.717) is 25.7 Å². The molecule has 6 rings (SSSR count). The molecule has 0 saturated carbocycles. The monoisotopic (exact) mass is 1070 g/mol. The summed E-state index contributed by atoms with van der Waals surface area (Å²) in [5.74, 6) is -3.88. The van der Waals surface area contributed by atoms with Crippen molar-refractivity contribution in [1.29, 1.82) is 0 Å². The Bertz CT molecular complexity index is 3270. The fraction of sp³-hybridized carbons (Fsp3) is 0.292. The van der Waals surface area contributed by atoms with E-state index in [0.717, 1.165) is 32.9 Å². The number of carbonyl (C=O) groups excluding carboxylic acids is 1. The Morgan fingerprint density at radius 2 is 1.03 bits per heavy atom. The minimum Gasteiger partial charge on any atom is -0.488 e. The summed E-state index contributed by atoms with van der Waals surface area (Å²) in [7, 11) is 2.34. The lowest BCUT2D eigenvalue weighted by Gasteiger charge is -2.17. The second kappa shape index (κ2) is 26.4. The van der Waals surface area contributed by atoms with Crippen molar-refractivity contribution in [1.82, 2.24) is 28.2 Å². The average Bonchev–Trinajstić information content (AvgIpc) is 3.33. The van der Waals surface area contributed by atoms with Crippen LogP contribution in [0.15, 0.2) is 114 Å². The summed E-state index contributed by atoms with van der Waals surface area (Å²) >= 11 is 11.9. The van der Waals surface area contributed by atoms with Crippen LogP contribution in [0.2, 0.25) is 10.0 Å². The highest BCUT2D eigenvalue weighted by atomic mass is 35.5. The van der Waals surface area contributed by atoms with E-state index in [1.54, 1.807) is 83.1 Å². The van der Waals surface area contributed by atoms with Crippen LogP contribution in [0.4, 0.5) is 32.1 Å². The fourth-order valence-electron chi connectivity index (χ4n) is 6.47. The molecule has 0 aliphatic heterocycles. The predicted octanol–water partition coefficient (Wildman–Crippen LogP) is 6.21. The van der Waals surface area contributed by atoms with Crippen LogP contribution in [0.25, 0.3) is 0 Å². The number of hydrogen-bond donors (Lipinski definition) is 3. The summed E-state index contributed by atoms with van der Waals surface area (Å²) in [5.41, 5.74) is -2.88. The van der Waals surface area contributed by atoms with Gasteiger partial charge in [-0.3, -0.25) is 9.13 Å². The highest BCUT2D eigenvalue weighted by molar-refractivity contribution is 6.36. The molecular weight excluding hydrogens is 1020 g/mol. The van der Waals surface area contributed by atoms with Crippen LogP contribution >= 0.6 is 23.2 Å². The molecule has 0 radical (unpaired) electrons. The predicted molar refractivity (Wildman–Crippen MR) is 271 cm³/mol. The first-order valence-corrected chi connectivity index (χ1v) is 23.0. The first-order chi connectivity index (χ1) is 35.2. The molecule has 392 valence electrons. The molecule has 0 spiro atoms. The Morgan fingerprint density at radius 3 is 1.38 bits per heavy atom. The first kappa shape index (κ1) is 56.5. The number of oxime groups is 2. The maximum Gasteiger partial charge on any atom is 0.358 e. The zero-order chi connectivity index (χ0) is 54.2. The largest absolute Gasteiger partial charge is 0.488 e. The Morgan fingerprint density at radius 1 is 0.635 bits per heavy atom. The molecule has 26 heteroatoms. The number of hydrogen-bond acceptors (Lipinski definition) is 17. The summed E-state index contributed by atoms with van der Waals surface area (Å²) in [6.45, 7) is 7.37. The van der Waals surface area contributed by atoms with Gasteiger partial charge < -0.3 is 39.6 Å². The number of esters is 1. The van der Waals surface area contributed by atoms with E-state index in [2.05, 4.69) is 40.6 Å². The van der Waals surface area contributed by atoms with Crippen molar-refractivity contribution in [2.24, 2.45) is 10.3 Å². The molecule has 74 heavy (non-hydrogen) atoms. The van der Waals surface area contributed by atoms with Crippen LogP contribution in [0.5, 0.6) is 11.5 Å². The van der Waals surface area contributed by atoms with Gasteiger partial charge in [-0.25, -0.2) is 46.7 Å². The number of aromatic nitrogens is 6. The molecule has 6 aromatic rings. The number of halogens is 4. The topological polar surface area (TPSA) is 263 Å². The quantitative estimate of drug-likeness (QED) is 0.0411. The molecule has 0 aliphatic rings. The van der Waals surface area contributed by atoms with Crippen molar-refractivity contribution in [2.75, 3.05) is 31.5 Å². The highest BCUT2D eigenvalue weighted by Crippen LogP contribution is 2.26. The van der Waals surface area contributed by atoms with E-state index in [1.165, 1.54) is 31.4 Å². The van der Waals surface area contributed by atoms with Gasteiger partial charge in [0.05, 0.1) is 45.0 Å². The maximum atomic E-state index is 14.6.